The molecule has 0 aromatic heterocycles. The Bertz CT molecular complexity index is 231. The Labute approximate surface area is 117 Å². The highest BCUT2D eigenvalue weighted by Crippen LogP contribution is 2.35. The second-order valence-corrected chi connectivity index (χ2v) is 7.31. The zero-order valence-corrected chi connectivity index (χ0v) is 13.1. The summed E-state index contributed by atoms with van der Waals surface area (Å²) < 4.78 is 0. The lowest BCUT2D eigenvalue weighted by Crippen LogP contribution is -2.58. The predicted octanol–water partition coefficient (Wildman–Crippen LogP) is 2.84. The van der Waals surface area contributed by atoms with Crippen LogP contribution in [0.4, 0.5) is 0 Å². The molecule has 1 N–H and O–H groups in total. The van der Waals surface area contributed by atoms with E-state index in [9.17, 15) is 0 Å². The van der Waals surface area contributed by atoms with Crippen LogP contribution in [0, 0.1) is 11.8 Å². The number of nitrogens with zero attached hydrogens (tertiary/aromatic N) is 1. The molecule has 1 heterocycles. The standard InChI is InChI=1S/C15H30N2S/c1-12(2)17-10-13-6-4-7-14(11-17)15(13)16-8-5-9-18-3/h12-16H,4-11H2,1-3H3. The van der Waals surface area contributed by atoms with Crippen molar-refractivity contribution in [2.24, 2.45) is 11.8 Å². The van der Waals surface area contributed by atoms with Crippen LogP contribution >= 0.6 is 11.8 Å². The third-order valence-electron chi connectivity index (χ3n) is 4.74. The Morgan fingerprint density at radius 3 is 2.44 bits per heavy atom. The van der Waals surface area contributed by atoms with E-state index in [1.165, 1.54) is 51.1 Å². The van der Waals surface area contributed by atoms with Crippen molar-refractivity contribution in [2.45, 2.75) is 51.6 Å². The Morgan fingerprint density at radius 2 is 1.89 bits per heavy atom. The van der Waals surface area contributed by atoms with Gasteiger partial charge in [-0.2, -0.15) is 11.8 Å². The Kier molecular flexibility index (Phi) is 5.84. The second kappa shape index (κ2) is 7.16. The molecule has 2 bridgehead atoms. The molecule has 0 spiro atoms. The van der Waals surface area contributed by atoms with Gasteiger partial charge < -0.3 is 10.2 Å². The average molecular weight is 270 g/mol. The maximum atomic E-state index is 3.88. The Balaban J connectivity index is 1.84. The molecule has 3 heteroatoms. The molecule has 2 unspecified atom stereocenters. The van der Waals surface area contributed by atoms with Gasteiger partial charge in [0.05, 0.1) is 0 Å². The first-order valence-electron chi connectivity index (χ1n) is 7.68. The molecule has 2 rings (SSSR count). The third kappa shape index (κ3) is 3.64. The molecule has 106 valence electrons. The number of hydrogen-bond donors (Lipinski definition) is 1. The van der Waals surface area contributed by atoms with Crippen molar-refractivity contribution in [1.29, 1.82) is 0 Å². The van der Waals surface area contributed by atoms with Gasteiger partial charge in [-0.3, -0.25) is 0 Å². The first-order chi connectivity index (χ1) is 8.72. The number of likely N-dealkylation sites (tertiary alicyclic amines) is 1. The fourth-order valence-electron chi connectivity index (χ4n) is 3.71. The zero-order chi connectivity index (χ0) is 13.0. The van der Waals surface area contributed by atoms with E-state index >= 15 is 0 Å². The molecule has 1 aliphatic heterocycles. The van der Waals surface area contributed by atoms with E-state index in [4.69, 9.17) is 0 Å². The minimum absolute atomic E-state index is 0.727. The monoisotopic (exact) mass is 270 g/mol. The van der Waals surface area contributed by atoms with Crippen molar-refractivity contribution < 1.29 is 0 Å². The maximum absolute atomic E-state index is 3.88. The first kappa shape index (κ1) is 14.7. The Morgan fingerprint density at radius 1 is 1.22 bits per heavy atom. The minimum Gasteiger partial charge on any atom is -0.313 e. The van der Waals surface area contributed by atoms with Gasteiger partial charge in [0.15, 0.2) is 0 Å². The first-order valence-corrected chi connectivity index (χ1v) is 9.08. The SMILES string of the molecule is CSCCCNC1C2CCCC1CN(C(C)C)C2. The van der Waals surface area contributed by atoms with Gasteiger partial charge in [-0.05, 0) is 63.5 Å². The zero-order valence-electron chi connectivity index (χ0n) is 12.3. The van der Waals surface area contributed by atoms with Crippen LogP contribution in [0.5, 0.6) is 0 Å². The van der Waals surface area contributed by atoms with Crippen molar-refractivity contribution in [1.82, 2.24) is 10.2 Å². The summed E-state index contributed by atoms with van der Waals surface area (Å²) in [7, 11) is 0. The molecule has 0 aromatic carbocycles. The van der Waals surface area contributed by atoms with E-state index < -0.39 is 0 Å². The highest BCUT2D eigenvalue weighted by atomic mass is 32.2. The van der Waals surface area contributed by atoms with E-state index in [0.717, 1.165) is 23.9 Å². The summed E-state index contributed by atoms with van der Waals surface area (Å²) in [5, 5.41) is 3.88. The molecule has 1 saturated heterocycles. The van der Waals surface area contributed by atoms with Gasteiger partial charge in [0, 0.05) is 25.2 Å². The van der Waals surface area contributed by atoms with Gasteiger partial charge in [-0.1, -0.05) is 6.42 Å². The van der Waals surface area contributed by atoms with E-state index in [1.807, 2.05) is 11.8 Å². The summed E-state index contributed by atoms with van der Waals surface area (Å²) in [6.07, 6.45) is 7.88. The fourth-order valence-corrected chi connectivity index (χ4v) is 4.15. The van der Waals surface area contributed by atoms with Crippen LogP contribution in [-0.2, 0) is 0 Å². The number of piperidine rings is 1. The van der Waals surface area contributed by atoms with Crippen LogP contribution in [0.15, 0.2) is 0 Å². The van der Waals surface area contributed by atoms with Crippen molar-refractivity contribution in [3.63, 3.8) is 0 Å². The minimum atomic E-state index is 0.727. The van der Waals surface area contributed by atoms with Crippen molar-refractivity contribution >= 4 is 11.8 Å². The maximum Gasteiger partial charge on any atom is 0.0148 e. The summed E-state index contributed by atoms with van der Waals surface area (Å²) in [5.41, 5.74) is 0. The number of rotatable bonds is 6. The average Bonchev–Trinajstić information content (AvgIpc) is 2.33. The normalized spacial score (nSPS) is 33.0. The van der Waals surface area contributed by atoms with Crippen LogP contribution in [0.3, 0.4) is 0 Å². The fraction of sp³-hybridized carbons (Fsp3) is 1.00. The molecule has 18 heavy (non-hydrogen) atoms. The highest BCUT2D eigenvalue weighted by molar-refractivity contribution is 7.98. The summed E-state index contributed by atoms with van der Waals surface area (Å²) in [6, 6.07) is 1.54. The molecule has 2 nitrogen and oxygen atoms in total. The predicted molar refractivity (Wildman–Crippen MR) is 82.3 cm³/mol. The summed E-state index contributed by atoms with van der Waals surface area (Å²) >= 11 is 1.97. The van der Waals surface area contributed by atoms with Crippen LogP contribution in [0.25, 0.3) is 0 Å². The van der Waals surface area contributed by atoms with Crippen LogP contribution in [0.2, 0.25) is 0 Å². The summed E-state index contributed by atoms with van der Waals surface area (Å²) in [6.45, 7) is 8.58. The molecule has 0 amide bonds. The highest BCUT2D eigenvalue weighted by Gasteiger charge is 2.39. The summed E-state index contributed by atoms with van der Waals surface area (Å²) in [5.74, 6) is 3.12. The lowest BCUT2D eigenvalue weighted by Gasteiger charge is -2.49. The van der Waals surface area contributed by atoms with E-state index in [1.54, 1.807) is 0 Å². The number of fused-ring (bicyclic) bond motifs is 2. The van der Waals surface area contributed by atoms with Gasteiger partial charge in [0.25, 0.3) is 0 Å². The quantitative estimate of drug-likeness (QED) is 0.747. The molecule has 0 aromatic rings. The van der Waals surface area contributed by atoms with Gasteiger partial charge in [-0.25, -0.2) is 0 Å². The molecule has 1 aliphatic carbocycles. The van der Waals surface area contributed by atoms with Crippen molar-refractivity contribution in [3.05, 3.63) is 0 Å². The number of hydrogen-bond acceptors (Lipinski definition) is 3. The van der Waals surface area contributed by atoms with Gasteiger partial charge >= 0.3 is 0 Å². The largest absolute Gasteiger partial charge is 0.313 e. The molecule has 2 atom stereocenters. The van der Waals surface area contributed by atoms with Crippen LogP contribution in [0.1, 0.15) is 39.5 Å². The van der Waals surface area contributed by atoms with Gasteiger partial charge in [0.1, 0.15) is 0 Å². The molecule has 2 aliphatic rings. The van der Waals surface area contributed by atoms with E-state index in [2.05, 4.69) is 30.3 Å². The lowest BCUT2D eigenvalue weighted by atomic mass is 9.73. The number of thioether (sulfide) groups is 1. The van der Waals surface area contributed by atoms with Gasteiger partial charge in [-0.15, -0.1) is 0 Å². The topological polar surface area (TPSA) is 15.3 Å². The smallest absolute Gasteiger partial charge is 0.0148 e. The van der Waals surface area contributed by atoms with Gasteiger partial charge in [0.2, 0.25) is 0 Å². The Hall–Kier alpha value is 0.270. The second-order valence-electron chi connectivity index (χ2n) is 6.32. The molecular formula is C15H30N2S. The van der Waals surface area contributed by atoms with Crippen LogP contribution < -0.4 is 5.32 Å². The van der Waals surface area contributed by atoms with E-state index in [0.29, 0.717) is 0 Å². The number of nitrogens with one attached hydrogen (secondary N) is 1. The van der Waals surface area contributed by atoms with Crippen LogP contribution in [-0.4, -0.2) is 48.6 Å². The molecular weight excluding hydrogens is 240 g/mol. The summed E-state index contributed by atoms with van der Waals surface area (Å²) in [4.78, 5) is 2.70. The van der Waals surface area contributed by atoms with E-state index in [-0.39, 0.29) is 0 Å². The lowest BCUT2D eigenvalue weighted by molar-refractivity contribution is 0.0299. The third-order valence-corrected chi connectivity index (χ3v) is 5.44. The van der Waals surface area contributed by atoms with Crippen molar-refractivity contribution in [3.8, 4) is 0 Å². The molecule has 1 saturated carbocycles. The van der Waals surface area contributed by atoms with Crippen molar-refractivity contribution in [2.75, 3.05) is 31.6 Å². The molecule has 0 radical (unpaired) electrons. The molecule has 2 fully saturated rings.